The van der Waals surface area contributed by atoms with Crippen LogP contribution in [0.5, 0.6) is 0 Å². The molecule has 2 aliphatic rings. The van der Waals surface area contributed by atoms with Crippen LogP contribution < -0.4 is 0 Å². The first-order valence-electron chi connectivity index (χ1n) is 10.0. The minimum atomic E-state index is -0.461. The molecule has 1 saturated heterocycles. The van der Waals surface area contributed by atoms with E-state index < -0.39 is 6.04 Å². The van der Waals surface area contributed by atoms with Gasteiger partial charge in [-0.1, -0.05) is 53.2 Å². The van der Waals surface area contributed by atoms with E-state index in [0.717, 1.165) is 38.6 Å². The van der Waals surface area contributed by atoms with E-state index in [1.165, 1.54) is 4.90 Å². The van der Waals surface area contributed by atoms with Gasteiger partial charge in [-0.3, -0.25) is 14.6 Å². The molecule has 3 aromatic rings. The van der Waals surface area contributed by atoms with Gasteiger partial charge < -0.3 is 4.98 Å². The number of amides is 3. The number of carbonyl (C=O) groups excluding carboxylic acids is 2. The molecular formula is C23H22BrN3O2. The third-order valence-corrected chi connectivity index (χ3v) is 6.83. The molecule has 0 bridgehead atoms. The number of rotatable bonds is 3. The Kier molecular flexibility index (Phi) is 4.28. The number of H-pyrrole nitrogens is 1. The van der Waals surface area contributed by atoms with Crippen molar-refractivity contribution in [2.45, 2.75) is 44.8 Å². The molecule has 0 aliphatic carbocycles. The molecule has 1 unspecified atom stereocenters. The highest BCUT2D eigenvalue weighted by atomic mass is 79.9. The van der Waals surface area contributed by atoms with Gasteiger partial charge in [0.25, 0.3) is 5.91 Å². The normalized spacial score (nSPS) is 22.2. The summed E-state index contributed by atoms with van der Waals surface area (Å²) in [4.78, 5) is 33.5. The van der Waals surface area contributed by atoms with Crippen LogP contribution in [0.15, 0.2) is 53.0 Å². The Labute approximate surface area is 177 Å². The Hall–Kier alpha value is -2.60. The Morgan fingerprint density at radius 3 is 2.59 bits per heavy atom. The number of para-hydroxylation sites is 1. The Morgan fingerprint density at radius 1 is 1.14 bits per heavy atom. The molecule has 2 aromatic carbocycles. The number of nitrogens with zero attached hydrogens (tertiary/aromatic N) is 2. The fraction of sp³-hybridized carbons (Fsp3) is 0.304. The number of fused-ring (bicyclic) bond motifs is 4. The van der Waals surface area contributed by atoms with Crippen molar-refractivity contribution < 1.29 is 9.59 Å². The van der Waals surface area contributed by atoms with Gasteiger partial charge in [-0.15, -0.1) is 0 Å². The molecule has 29 heavy (non-hydrogen) atoms. The second kappa shape index (κ2) is 6.73. The number of nitrogens with one attached hydrogen (secondary N) is 1. The first-order valence-corrected chi connectivity index (χ1v) is 10.8. The molecule has 1 fully saturated rings. The predicted molar refractivity (Wildman–Crippen MR) is 116 cm³/mol. The smallest absolute Gasteiger partial charge is 0.328 e. The van der Waals surface area contributed by atoms with Crippen LogP contribution in [-0.2, 0) is 11.2 Å². The number of hydrogen-bond acceptors (Lipinski definition) is 2. The third kappa shape index (κ3) is 2.65. The lowest BCUT2D eigenvalue weighted by Gasteiger charge is -2.36. The van der Waals surface area contributed by atoms with E-state index >= 15 is 0 Å². The predicted octanol–water partition coefficient (Wildman–Crippen LogP) is 5.01. The van der Waals surface area contributed by atoms with E-state index in [4.69, 9.17) is 0 Å². The summed E-state index contributed by atoms with van der Waals surface area (Å²) in [6.45, 7) is 3.95. The van der Waals surface area contributed by atoms with Crippen molar-refractivity contribution >= 4 is 38.8 Å². The lowest BCUT2D eigenvalue weighted by Crippen LogP contribution is -2.44. The van der Waals surface area contributed by atoms with Crippen LogP contribution in [0.1, 0.15) is 43.1 Å². The van der Waals surface area contributed by atoms with Gasteiger partial charge in [0.15, 0.2) is 0 Å². The lowest BCUT2D eigenvalue weighted by molar-refractivity contribution is -0.129. The molecule has 0 radical (unpaired) electrons. The summed E-state index contributed by atoms with van der Waals surface area (Å²) in [7, 11) is 0. The second-order valence-electron chi connectivity index (χ2n) is 7.89. The maximum atomic E-state index is 13.4. The molecule has 5 nitrogen and oxygen atoms in total. The number of benzene rings is 2. The summed E-state index contributed by atoms with van der Waals surface area (Å²) in [6.07, 6.45) is 1.29. The van der Waals surface area contributed by atoms with Crippen LogP contribution in [0.4, 0.5) is 4.79 Å². The monoisotopic (exact) mass is 451 g/mol. The Bertz CT molecular complexity index is 1120. The van der Waals surface area contributed by atoms with Gasteiger partial charge in [-0.05, 0) is 42.7 Å². The zero-order chi connectivity index (χ0) is 20.3. The van der Waals surface area contributed by atoms with Gasteiger partial charge in [-0.2, -0.15) is 0 Å². The van der Waals surface area contributed by atoms with Gasteiger partial charge in [0, 0.05) is 33.5 Å². The topological polar surface area (TPSA) is 56.4 Å². The van der Waals surface area contributed by atoms with Gasteiger partial charge >= 0.3 is 6.03 Å². The summed E-state index contributed by atoms with van der Waals surface area (Å²) in [6, 6.07) is 15.1. The van der Waals surface area contributed by atoms with Crippen LogP contribution >= 0.6 is 15.9 Å². The van der Waals surface area contributed by atoms with Gasteiger partial charge in [-0.25, -0.2) is 4.79 Å². The van der Waals surface area contributed by atoms with Crippen molar-refractivity contribution in [3.05, 3.63) is 69.8 Å². The Balaban J connectivity index is 1.72. The highest BCUT2D eigenvalue weighted by Gasteiger charge is 2.53. The van der Waals surface area contributed by atoms with Gasteiger partial charge in [0.1, 0.15) is 12.1 Å². The maximum Gasteiger partial charge on any atom is 0.328 e. The van der Waals surface area contributed by atoms with Crippen molar-refractivity contribution in [1.29, 1.82) is 0 Å². The number of imide groups is 1. The van der Waals surface area contributed by atoms with Crippen LogP contribution in [0.2, 0.25) is 0 Å². The van der Waals surface area contributed by atoms with E-state index in [9.17, 15) is 9.59 Å². The second-order valence-corrected chi connectivity index (χ2v) is 8.81. The minimum Gasteiger partial charge on any atom is -0.356 e. The number of hydrogen-bond donors (Lipinski definition) is 1. The van der Waals surface area contributed by atoms with E-state index in [1.807, 2.05) is 56.3 Å². The van der Waals surface area contributed by atoms with Crippen LogP contribution in [-0.4, -0.2) is 38.8 Å². The zero-order valence-electron chi connectivity index (χ0n) is 16.4. The molecule has 5 rings (SSSR count). The molecule has 3 amide bonds. The number of urea groups is 1. The number of halogens is 1. The lowest BCUT2D eigenvalue weighted by atomic mass is 9.89. The molecule has 0 saturated carbocycles. The molecule has 1 aromatic heterocycles. The fourth-order valence-electron chi connectivity index (χ4n) is 4.67. The highest BCUT2D eigenvalue weighted by molar-refractivity contribution is 9.10. The molecular weight excluding hydrogens is 430 g/mol. The summed E-state index contributed by atoms with van der Waals surface area (Å²) < 4.78 is 0.982. The average molecular weight is 452 g/mol. The van der Waals surface area contributed by atoms with Crippen LogP contribution in [0.25, 0.3) is 10.9 Å². The third-order valence-electron chi connectivity index (χ3n) is 6.30. The Morgan fingerprint density at radius 2 is 1.86 bits per heavy atom. The molecule has 3 atom stereocenters. The largest absolute Gasteiger partial charge is 0.356 e. The SMILES string of the molecule is CCC(C)N1C(=O)[C@H]2Cc3c([nH]c4ccccc34)[C@@H](c3ccc(Br)cc3)N2C1=O. The summed E-state index contributed by atoms with van der Waals surface area (Å²) in [5.41, 5.74) is 4.19. The first-order chi connectivity index (χ1) is 14.0. The van der Waals surface area contributed by atoms with E-state index in [0.29, 0.717) is 6.42 Å². The van der Waals surface area contributed by atoms with Crippen LogP contribution in [0.3, 0.4) is 0 Å². The van der Waals surface area contributed by atoms with Crippen molar-refractivity contribution in [3.8, 4) is 0 Å². The first kappa shape index (κ1) is 18.4. The molecule has 6 heteroatoms. The van der Waals surface area contributed by atoms with Crippen molar-refractivity contribution in [3.63, 3.8) is 0 Å². The summed E-state index contributed by atoms with van der Waals surface area (Å²) in [5, 5.41) is 1.13. The fourth-order valence-corrected chi connectivity index (χ4v) is 4.94. The van der Waals surface area contributed by atoms with Gasteiger partial charge in [0.05, 0.1) is 0 Å². The summed E-state index contributed by atoms with van der Waals surface area (Å²) in [5.74, 6) is -0.0811. The molecule has 0 spiro atoms. The molecule has 2 aliphatic heterocycles. The van der Waals surface area contributed by atoms with E-state index in [2.05, 4.69) is 27.0 Å². The maximum absolute atomic E-state index is 13.4. The molecule has 148 valence electrons. The van der Waals surface area contributed by atoms with Crippen molar-refractivity contribution in [1.82, 2.24) is 14.8 Å². The quantitative estimate of drug-likeness (QED) is 0.569. The van der Waals surface area contributed by atoms with E-state index in [1.54, 1.807) is 4.90 Å². The minimum absolute atomic E-state index is 0.0811. The standard InChI is InChI=1S/C23H22BrN3O2/c1-3-13(2)26-22(28)19-12-17-16-6-4-5-7-18(16)25-20(17)21(27(19)23(26)29)14-8-10-15(24)11-9-14/h4-11,13,19,21,25H,3,12H2,1-2H3/t13?,19-,21-/m1/s1. The van der Waals surface area contributed by atoms with Crippen molar-refractivity contribution in [2.24, 2.45) is 0 Å². The number of aromatic nitrogens is 1. The van der Waals surface area contributed by atoms with Crippen molar-refractivity contribution in [2.75, 3.05) is 0 Å². The van der Waals surface area contributed by atoms with Gasteiger partial charge in [0.2, 0.25) is 0 Å². The zero-order valence-corrected chi connectivity index (χ0v) is 17.9. The number of aromatic amines is 1. The average Bonchev–Trinajstić information content (AvgIpc) is 3.22. The highest BCUT2D eigenvalue weighted by Crippen LogP contribution is 2.44. The van der Waals surface area contributed by atoms with E-state index in [-0.39, 0.29) is 24.0 Å². The molecule has 1 N–H and O–H groups in total. The number of carbonyl (C=O) groups is 2. The molecule has 3 heterocycles. The summed E-state index contributed by atoms with van der Waals surface area (Å²) >= 11 is 3.49. The van der Waals surface area contributed by atoms with Crippen LogP contribution in [0, 0.1) is 0 Å².